The first-order valence-electron chi connectivity index (χ1n) is 11.3. The van der Waals surface area contributed by atoms with E-state index in [1.54, 1.807) is 20.2 Å². The molecule has 1 saturated heterocycles. The molecule has 4 rings (SSSR count). The van der Waals surface area contributed by atoms with Gasteiger partial charge in [-0.2, -0.15) is 0 Å². The molecule has 0 saturated carbocycles. The van der Waals surface area contributed by atoms with Crippen LogP contribution >= 0.6 is 0 Å². The molecule has 2 aliphatic rings. The minimum absolute atomic E-state index is 0.138. The number of piperazine rings is 1. The standard InChI is InChI=1S/C24H31N5O4/c1-5-19-24(31)27-21-20(33-19)9-6-16(22(21)32-4)14-28-10-12-29(13-11-28)18-8-7-17(23(30)25-3)26-15(18)2/h6-9,19H,5,10-14H2,1-4H3,(H,25,30)(H,27,31)/t19-/m1/s1. The number of nitrogens with one attached hydrogen (secondary N) is 2. The Hall–Kier alpha value is -3.33. The summed E-state index contributed by atoms with van der Waals surface area (Å²) in [5.74, 6) is 0.985. The Balaban J connectivity index is 1.43. The molecule has 3 heterocycles. The van der Waals surface area contributed by atoms with Gasteiger partial charge in [-0.1, -0.05) is 13.0 Å². The van der Waals surface area contributed by atoms with Gasteiger partial charge in [0.25, 0.3) is 11.8 Å². The molecule has 2 N–H and O–H groups in total. The second-order valence-corrected chi connectivity index (χ2v) is 8.28. The van der Waals surface area contributed by atoms with Crippen molar-refractivity contribution in [2.75, 3.05) is 50.6 Å². The third-order valence-electron chi connectivity index (χ3n) is 6.21. The average Bonchev–Trinajstić information content (AvgIpc) is 2.83. The highest BCUT2D eigenvalue weighted by molar-refractivity contribution is 5.99. The van der Waals surface area contributed by atoms with E-state index in [9.17, 15) is 9.59 Å². The van der Waals surface area contributed by atoms with Gasteiger partial charge in [0.05, 0.1) is 18.5 Å². The van der Waals surface area contributed by atoms with Crippen molar-refractivity contribution < 1.29 is 19.1 Å². The highest BCUT2D eigenvalue weighted by Gasteiger charge is 2.30. The second kappa shape index (κ2) is 9.66. The maximum atomic E-state index is 12.3. The number of nitrogens with zero attached hydrogens (tertiary/aromatic N) is 3. The number of rotatable bonds is 6. The number of fused-ring (bicyclic) bond motifs is 1. The first-order chi connectivity index (χ1) is 15.9. The zero-order valence-electron chi connectivity index (χ0n) is 19.6. The SMILES string of the molecule is CC[C@H]1Oc2ccc(CN3CCN(c4ccc(C(=O)NC)nc4C)CC3)c(OC)c2NC1=O. The third kappa shape index (κ3) is 4.59. The van der Waals surface area contributed by atoms with Gasteiger partial charge in [0, 0.05) is 45.3 Å². The lowest BCUT2D eigenvalue weighted by Crippen LogP contribution is -2.46. The van der Waals surface area contributed by atoms with Crippen molar-refractivity contribution in [1.29, 1.82) is 0 Å². The topological polar surface area (TPSA) is 96.0 Å². The van der Waals surface area contributed by atoms with Crippen molar-refractivity contribution in [1.82, 2.24) is 15.2 Å². The van der Waals surface area contributed by atoms with Gasteiger partial charge in [0.2, 0.25) is 0 Å². The lowest BCUT2D eigenvalue weighted by Gasteiger charge is -2.37. The summed E-state index contributed by atoms with van der Waals surface area (Å²) in [5, 5.41) is 5.57. The number of pyridine rings is 1. The molecule has 2 aromatic rings. The van der Waals surface area contributed by atoms with Crippen LogP contribution < -0.4 is 25.0 Å². The molecule has 9 nitrogen and oxygen atoms in total. The Morgan fingerprint density at radius 2 is 2.00 bits per heavy atom. The molecule has 0 bridgehead atoms. The smallest absolute Gasteiger partial charge is 0.269 e. The molecule has 1 aromatic carbocycles. The number of amides is 2. The third-order valence-corrected chi connectivity index (χ3v) is 6.21. The second-order valence-electron chi connectivity index (χ2n) is 8.28. The van der Waals surface area contributed by atoms with Crippen LogP contribution in [0.4, 0.5) is 11.4 Å². The number of benzene rings is 1. The van der Waals surface area contributed by atoms with E-state index in [4.69, 9.17) is 9.47 Å². The molecule has 1 atom stereocenters. The van der Waals surface area contributed by atoms with Gasteiger partial charge < -0.3 is 25.0 Å². The van der Waals surface area contributed by atoms with Crippen molar-refractivity contribution in [3.63, 3.8) is 0 Å². The fourth-order valence-electron chi connectivity index (χ4n) is 4.39. The molecule has 1 aromatic heterocycles. The maximum Gasteiger partial charge on any atom is 0.269 e. The first kappa shape index (κ1) is 22.8. The lowest BCUT2D eigenvalue weighted by molar-refractivity contribution is -0.123. The number of anilines is 2. The molecule has 2 amide bonds. The maximum absolute atomic E-state index is 12.3. The predicted molar refractivity (Wildman–Crippen MR) is 126 cm³/mol. The first-order valence-corrected chi connectivity index (χ1v) is 11.3. The van der Waals surface area contributed by atoms with E-state index in [0.717, 1.165) is 43.1 Å². The monoisotopic (exact) mass is 453 g/mol. The summed E-state index contributed by atoms with van der Waals surface area (Å²) in [5.41, 5.74) is 3.96. The number of aryl methyl sites for hydroxylation is 1. The zero-order chi connectivity index (χ0) is 23.5. The van der Waals surface area contributed by atoms with Gasteiger partial charge in [-0.25, -0.2) is 4.98 Å². The largest absolute Gasteiger partial charge is 0.494 e. The van der Waals surface area contributed by atoms with Gasteiger partial charge in [0.15, 0.2) is 11.9 Å². The van der Waals surface area contributed by atoms with Crippen molar-refractivity contribution in [3.05, 3.63) is 41.2 Å². The van der Waals surface area contributed by atoms with Gasteiger partial charge in [-0.3, -0.25) is 14.5 Å². The van der Waals surface area contributed by atoms with Crippen LogP contribution in [0.25, 0.3) is 0 Å². The summed E-state index contributed by atoms with van der Waals surface area (Å²) in [6.07, 6.45) is 0.146. The normalized spacial score (nSPS) is 18.2. The minimum atomic E-state index is -0.468. The van der Waals surface area contributed by atoms with Crippen LogP contribution in [0.15, 0.2) is 24.3 Å². The molecule has 9 heteroatoms. The summed E-state index contributed by atoms with van der Waals surface area (Å²) < 4.78 is 11.5. The number of hydrogen-bond donors (Lipinski definition) is 2. The fourth-order valence-corrected chi connectivity index (χ4v) is 4.39. The molecular weight excluding hydrogens is 422 g/mol. The highest BCUT2D eigenvalue weighted by atomic mass is 16.5. The van der Waals surface area contributed by atoms with E-state index in [2.05, 4.69) is 25.4 Å². The molecule has 1 fully saturated rings. The molecule has 0 unspecified atom stereocenters. The van der Waals surface area contributed by atoms with Crippen molar-refractivity contribution in [2.24, 2.45) is 0 Å². The summed E-state index contributed by atoms with van der Waals surface area (Å²) in [6, 6.07) is 7.67. The van der Waals surface area contributed by atoms with Crippen LogP contribution in [0.2, 0.25) is 0 Å². The van der Waals surface area contributed by atoms with Crippen LogP contribution in [-0.4, -0.2) is 68.1 Å². The quantitative estimate of drug-likeness (QED) is 0.692. The minimum Gasteiger partial charge on any atom is -0.494 e. The highest BCUT2D eigenvalue weighted by Crippen LogP contribution is 2.41. The van der Waals surface area contributed by atoms with E-state index in [1.165, 1.54) is 0 Å². The molecule has 33 heavy (non-hydrogen) atoms. The average molecular weight is 454 g/mol. The van der Waals surface area contributed by atoms with Crippen LogP contribution in [0.3, 0.4) is 0 Å². The van der Waals surface area contributed by atoms with Crippen LogP contribution in [0.1, 0.15) is 35.1 Å². The fraction of sp³-hybridized carbons (Fsp3) is 0.458. The predicted octanol–water partition coefficient (Wildman–Crippen LogP) is 2.19. The van der Waals surface area contributed by atoms with Crippen molar-refractivity contribution in [2.45, 2.75) is 32.9 Å². The molecule has 0 radical (unpaired) electrons. The number of ether oxygens (including phenoxy) is 2. The van der Waals surface area contributed by atoms with Crippen molar-refractivity contribution in [3.8, 4) is 11.5 Å². The van der Waals surface area contributed by atoms with E-state index < -0.39 is 6.10 Å². The molecule has 0 aliphatic carbocycles. The zero-order valence-corrected chi connectivity index (χ0v) is 19.6. The van der Waals surface area contributed by atoms with Gasteiger partial charge in [0.1, 0.15) is 17.1 Å². The number of aromatic nitrogens is 1. The molecule has 0 spiro atoms. The molecule has 2 aliphatic heterocycles. The summed E-state index contributed by atoms with van der Waals surface area (Å²) in [4.78, 5) is 33.2. The van der Waals surface area contributed by atoms with E-state index in [-0.39, 0.29) is 11.8 Å². The Labute approximate surface area is 194 Å². The van der Waals surface area contributed by atoms with E-state index in [1.807, 2.05) is 32.0 Å². The van der Waals surface area contributed by atoms with E-state index in [0.29, 0.717) is 35.8 Å². The summed E-state index contributed by atoms with van der Waals surface area (Å²) in [7, 11) is 3.22. The Morgan fingerprint density at radius 3 is 2.64 bits per heavy atom. The number of methoxy groups -OCH3 is 1. The summed E-state index contributed by atoms with van der Waals surface area (Å²) >= 11 is 0. The number of hydrogen-bond acceptors (Lipinski definition) is 7. The lowest BCUT2D eigenvalue weighted by atomic mass is 10.1. The van der Waals surface area contributed by atoms with Crippen LogP contribution in [0.5, 0.6) is 11.5 Å². The Morgan fingerprint density at radius 1 is 1.24 bits per heavy atom. The van der Waals surface area contributed by atoms with Crippen LogP contribution in [0, 0.1) is 6.92 Å². The van der Waals surface area contributed by atoms with Crippen LogP contribution in [-0.2, 0) is 11.3 Å². The number of carbonyl (C=O) groups excluding carboxylic acids is 2. The van der Waals surface area contributed by atoms with Gasteiger partial charge >= 0.3 is 0 Å². The summed E-state index contributed by atoms with van der Waals surface area (Å²) in [6.45, 7) is 8.03. The van der Waals surface area contributed by atoms with Gasteiger partial charge in [-0.05, 0) is 31.5 Å². The molecule has 176 valence electrons. The van der Waals surface area contributed by atoms with Crippen molar-refractivity contribution >= 4 is 23.2 Å². The Kier molecular flexibility index (Phi) is 6.69. The molecular formula is C24H31N5O4. The number of carbonyl (C=O) groups is 2. The Bertz CT molecular complexity index is 1050. The van der Waals surface area contributed by atoms with E-state index >= 15 is 0 Å². The van der Waals surface area contributed by atoms with Gasteiger partial charge in [-0.15, -0.1) is 0 Å².